The van der Waals surface area contributed by atoms with Crippen LogP contribution in [0.5, 0.6) is 0 Å². The summed E-state index contributed by atoms with van der Waals surface area (Å²) in [5.41, 5.74) is 0. The molecule has 0 spiro atoms. The van der Waals surface area contributed by atoms with Crippen molar-refractivity contribution in [2.45, 2.75) is 51.0 Å². The summed E-state index contributed by atoms with van der Waals surface area (Å²) in [4.78, 5) is 38.5. The van der Waals surface area contributed by atoms with E-state index in [0.29, 0.717) is 0 Å². The first kappa shape index (κ1) is 14.9. The lowest BCUT2D eigenvalue weighted by atomic mass is 9.85. The van der Waals surface area contributed by atoms with Gasteiger partial charge in [-0.3, -0.25) is 19.3 Å². The Morgan fingerprint density at radius 1 is 1.04 bits per heavy atom. The van der Waals surface area contributed by atoms with E-state index in [1.165, 1.54) is 24.2 Å². The van der Waals surface area contributed by atoms with Crippen molar-refractivity contribution in [1.82, 2.24) is 10.2 Å². The van der Waals surface area contributed by atoms with E-state index < -0.39 is 0 Å². The largest absolute Gasteiger partial charge is 0.353 e. The molecule has 124 valence electrons. The molecule has 23 heavy (non-hydrogen) atoms. The molecule has 0 aromatic carbocycles. The van der Waals surface area contributed by atoms with Gasteiger partial charge in [-0.15, -0.1) is 0 Å². The molecule has 1 aliphatic heterocycles. The van der Waals surface area contributed by atoms with Crippen LogP contribution in [0.3, 0.4) is 0 Å². The van der Waals surface area contributed by atoms with Gasteiger partial charge in [-0.05, 0) is 31.1 Å². The molecule has 2 saturated carbocycles. The van der Waals surface area contributed by atoms with Crippen molar-refractivity contribution in [2.75, 3.05) is 6.54 Å². The molecule has 1 heterocycles. The highest BCUT2D eigenvalue weighted by atomic mass is 16.2. The van der Waals surface area contributed by atoms with Crippen LogP contribution in [-0.2, 0) is 14.4 Å². The molecule has 0 aromatic heterocycles. The fraction of sp³-hybridized carbons (Fsp3) is 0.722. The minimum absolute atomic E-state index is 0.0318. The third kappa shape index (κ3) is 2.50. The van der Waals surface area contributed by atoms with Gasteiger partial charge in [0, 0.05) is 19.0 Å². The highest BCUT2D eigenvalue weighted by Gasteiger charge is 2.58. The van der Waals surface area contributed by atoms with E-state index in [-0.39, 0.29) is 60.4 Å². The number of hydrogen-bond acceptors (Lipinski definition) is 3. The summed E-state index contributed by atoms with van der Waals surface area (Å²) >= 11 is 0. The van der Waals surface area contributed by atoms with E-state index in [0.717, 1.165) is 19.3 Å². The van der Waals surface area contributed by atoms with Gasteiger partial charge in [0.05, 0.1) is 11.8 Å². The van der Waals surface area contributed by atoms with Crippen molar-refractivity contribution >= 4 is 17.7 Å². The van der Waals surface area contributed by atoms with Crippen molar-refractivity contribution in [1.29, 1.82) is 0 Å². The summed E-state index contributed by atoms with van der Waals surface area (Å²) in [7, 11) is 0. The number of fused-ring (bicyclic) bond motifs is 5. The highest BCUT2D eigenvalue weighted by molar-refractivity contribution is 6.06. The molecule has 3 fully saturated rings. The summed E-state index contributed by atoms with van der Waals surface area (Å²) in [6.07, 6.45) is 11.1. The third-order valence-electron chi connectivity index (χ3n) is 6.09. The maximum absolute atomic E-state index is 12.5. The lowest BCUT2D eigenvalue weighted by Gasteiger charge is -2.23. The van der Waals surface area contributed by atoms with Gasteiger partial charge in [-0.2, -0.15) is 0 Å². The van der Waals surface area contributed by atoms with Crippen LogP contribution in [0.15, 0.2) is 12.2 Å². The number of nitrogens with zero attached hydrogens (tertiary/aromatic N) is 1. The SMILES string of the molecule is O=C(CCN1C(=O)[C@@H]2[C@@H](C1=O)[C@H]1C=C[C@H]2C1)NC1CCCCC1. The zero-order valence-electron chi connectivity index (χ0n) is 13.4. The van der Waals surface area contributed by atoms with Crippen LogP contribution in [-0.4, -0.2) is 35.2 Å². The highest BCUT2D eigenvalue weighted by Crippen LogP contribution is 2.52. The molecule has 0 aromatic rings. The molecule has 5 heteroatoms. The van der Waals surface area contributed by atoms with Gasteiger partial charge in [0.1, 0.15) is 0 Å². The second kappa shape index (κ2) is 5.77. The van der Waals surface area contributed by atoms with Gasteiger partial charge in [0.25, 0.3) is 0 Å². The molecule has 0 unspecified atom stereocenters. The summed E-state index contributed by atoms with van der Waals surface area (Å²) < 4.78 is 0. The number of carbonyl (C=O) groups excluding carboxylic acids is 3. The Labute approximate surface area is 136 Å². The predicted molar refractivity (Wildman–Crippen MR) is 84.1 cm³/mol. The quantitative estimate of drug-likeness (QED) is 0.633. The second-order valence-electron chi connectivity index (χ2n) is 7.48. The van der Waals surface area contributed by atoms with Gasteiger partial charge in [0.15, 0.2) is 0 Å². The summed E-state index contributed by atoms with van der Waals surface area (Å²) in [6.45, 7) is 0.239. The lowest BCUT2D eigenvalue weighted by molar-refractivity contribution is -0.141. The van der Waals surface area contributed by atoms with Gasteiger partial charge >= 0.3 is 0 Å². The topological polar surface area (TPSA) is 66.5 Å². The molecule has 0 radical (unpaired) electrons. The van der Waals surface area contributed by atoms with Crippen LogP contribution in [0.2, 0.25) is 0 Å². The number of amides is 3. The Morgan fingerprint density at radius 2 is 1.65 bits per heavy atom. The number of allylic oxidation sites excluding steroid dienone is 2. The Kier molecular flexibility index (Phi) is 3.74. The molecule has 1 saturated heterocycles. The van der Waals surface area contributed by atoms with Gasteiger partial charge in [-0.1, -0.05) is 31.4 Å². The number of likely N-dealkylation sites (tertiary alicyclic amines) is 1. The van der Waals surface area contributed by atoms with Gasteiger partial charge in [-0.25, -0.2) is 0 Å². The second-order valence-corrected chi connectivity index (χ2v) is 7.48. The normalized spacial score (nSPS) is 35.9. The fourth-order valence-corrected chi connectivity index (χ4v) is 4.94. The van der Waals surface area contributed by atoms with Crippen LogP contribution < -0.4 is 5.32 Å². The Morgan fingerprint density at radius 3 is 2.26 bits per heavy atom. The fourth-order valence-electron chi connectivity index (χ4n) is 4.94. The zero-order chi connectivity index (χ0) is 16.0. The summed E-state index contributed by atoms with van der Waals surface area (Å²) in [5.74, 6) is 0.0307. The standard InChI is InChI=1S/C18H24N2O3/c21-14(19-13-4-2-1-3-5-13)8-9-20-17(22)15-11-6-7-12(10-11)16(15)18(20)23/h6-7,11-13,15-16H,1-5,8-10H2,(H,19,21)/t11-,12-,15-,16-/m0/s1. The number of hydrogen-bond donors (Lipinski definition) is 1. The number of rotatable bonds is 4. The van der Waals surface area contributed by atoms with Crippen molar-refractivity contribution in [3.05, 3.63) is 12.2 Å². The molecule has 2 bridgehead atoms. The summed E-state index contributed by atoms with van der Waals surface area (Å²) in [5, 5.41) is 3.05. The first-order valence-electron chi connectivity index (χ1n) is 8.98. The van der Waals surface area contributed by atoms with Crippen molar-refractivity contribution in [3.63, 3.8) is 0 Å². The molecule has 5 nitrogen and oxygen atoms in total. The van der Waals surface area contributed by atoms with E-state index in [1.807, 2.05) is 0 Å². The van der Waals surface area contributed by atoms with E-state index in [2.05, 4.69) is 17.5 Å². The van der Waals surface area contributed by atoms with Crippen molar-refractivity contribution in [2.24, 2.45) is 23.7 Å². The monoisotopic (exact) mass is 316 g/mol. The first-order valence-corrected chi connectivity index (χ1v) is 8.98. The van der Waals surface area contributed by atoms with E-state index in [1.54, 1.807) is 0 Å². The maximum Gasteiger partial charge on any atom is 0.233 e. The maximum atomic E-state index is 12.5. The number of nitrogens with one attached hydrogen (secondary N) is 1. The average molecular weight is 316 g/mol. The minimum Gasteiger partial charge on any atom is -0.353 e. The molecular formula is C18H24N2O3. The van der Waals surface area contributed by atoms with E-state index >= 15 is 0 Å². The summed E-state index contributed by atoms with van der Waals surface area (Å²) in [6, 6.07) is 0.278. The minimum atomic E-state index is -0.154. The first-order chi connectivity index (χ1) is 11.1. The smallest absolute Gasteiger partial charge is 0.233 e. The zero-order valence-corrected chi connectivity index (χ0v) is 13.4. The molecule has 4 atom stereocenters. The Balaban J connectivity index is 1.32. The van der Waals surface area contributed by atoms with Crippen LogP contribution in [0.4, 0.5) is 0 Å². The molecule has 4 rings (SSSR count). The molecule has 1 N–H and O–H groups in total. The van der Waals surface area contributed by atoms with Crippen LogP contribution >= 0.6 is 0 Å². The van der Waals surface area contributed by atoms with Gasteiger partial charge in [0.2, 0.25) is 17.7 Å². The molecule has 3 aliphatic carbocycles. The predicted octanol–water partition coefficient (Wildman–Crippen LogP) is 1.63. The van der Waals surface area contributed by atoms with E-state index in [9.17, 15) is 14.4 Å². The van der Waals surface area contributed by atoms with Crippen molar-refractivity contribution in [3.8, 4) is 0 Å². The Bertz CT molecular complexity index is 535. The van der Waals surface area contributed by atoms with Gasteiger partial charge < -0.3 is 5.32 Å². The molecule has 3 amide bonds. The average Bonchev–Trinajstić information content (AvgIpc) is 3.22. The third-order valence-corrected chi connectivity index (χ3v) is 6.09. The van der Waals surface area contributed by atoms with Crippen molar-refractivity contribution < 1.29 is 14.4 Å². The van der Waals surface area contributed by atoms with Crippen LogP contribution in [0.1, 0.15) is 44.9 Å². The Hall–Kier alpha value is -1.65. The molecule has 4 aliphatic rings. The van der Waals surface area contributed by atoms with E-state index in [4.69, 9.17) is 0 Å². The lowest BCUT2D eigenvalue weighted by Crippen LogP contribution is -2.40. The molecular weight excluding hydrogens is 292 g/mol. The van der Waals surface area contributed by atoms with Crippen LogP contribution in [0.25, 0.3) is 0 Å². The number of imide groups is 1. The van der Waals surface area contributed by atoms with Crippen LogP contribution in [0, 0.1) is 23.7 Å². The number of carbonyl (C=O) groups is 3.